The summed E-state index contributed by atoms with van der Waals surface area (Å²) < 4.78 is 23.6. The number of rotatable bonds is 51. The molecule has 0 aliphatic heterocycles. The van der Waals surface area contributed by atoms with E-state index < -0.39 is 24.4 Å². The average Bonchev–Trinajstić information content (AvgIpc) is 3.23. The molecule has 0 aliphatic rings. The van der Waals surface area contributed by atoms with Gasteiger partial charge >= 0.3 is 0 Å². The molecule has 0 aliphatic carbocycles. The van der Waals surface area contributed by atoms with Crippen LogP contribution >= 0.6 is 0 Å². The second-order valence-corrected chi connectivity index (χ2v) is 17.9. The Balaban J connectivity index is 5.23. The van der Waals surface area contributed by atoms with Crippen molar-refractivity contribution in [1.82, 2.24) is 9.80 Å². The standard InChI is InChI=1S/C50H104N2O8/c1-5-9-13-17-21-25-29-35-57-43-47(53)39-51(40-48(54)44-58-36-30-26-22-18-14-10-6-2)33-34-52(41-49(55)45-59-37-31-27-23-19-15-11-7-3)42-50(56)46-60-38-32-28-24-20-16-12-8-4/h47-50,53-56H,5-46H2,1-4H3. The summed E-state index contributed by atoms with van der Waals surface area (Å²) in [6.07, 6.45) is 31.3. The second kappa shape index (κ2) is 48.1. The first-order valence-electron chi connectivity index (χ1n) is 25.8. The van der Waals surface area contributed by atoms with Crippen molar-refractivity contribution in [3.8, 4) is 0 Å². The molecule has 0 fully saturated rings. The van der Waals surface area contributed by atoms with Gasteiger partial charge in [-0.3, -0.25) is 9.80 Å². The monoisotopic (exact) mass is 861 g/mol. The number of hydrogen-bond donors (Lipinski definition) is 4. The smallest absolute Gasteiger partial charge is 0.0900 e. The van der Waals surface area contributed by atoms with Crippen LogP contribution < -0.4 is 0 Å². The fourth-order valence-corrected chi connectivity index (χ4v) is 7.72. The summed E-state index contributed by atoms with van der Waals surface area (Å²) in [4.78, 5) is 4.15. The van der Waals surface area contributed by atoms with E-state index in [0.717, 1.165) is 51.4 Å². The molecule has 362 valence electrons. The molecule has 4 atom stereocenters. The van der Waals surface area contributed by atoms with Crippen molar-refractivity contribution in [3.63, 3.8) is 0 Å². The van der Waals surface area contributed by atoms with Gasteiger partial charge in [-0.15, -0.1) is 0 Å². The topological polar surface area (TPSA) is 124 Å². The number of ether oxygens (including phenoxy) is 4. The predicted octanol–water partition coefficient (Wildman–Crippen LogP) is 10.1. The molecule has 0 aromatic rings. The highest BCUT2D eigenvalue weighted by Gasteiger charge is 2.21. The van der Waals surface area contributed by atoms with Crippen LogP contribution in [0.4, 0.5) is 0 Å². The number of aliphatic hydroxyl groups is 4. The van der Waals surface area contributed by atoms with Crippen LogP contribution in [-0.2, 0) is 18.9 Å². The van der Waals surface area contributed by atoms with E-state index in [9.17, 15) is 20.4 Å². The lowest BCUT2D eigenvalue weighted by Gasteiger charge is -2.32. The molecule has 0 saturated heterocycles. The van der Waals surface area contributed by atoms with Crippen LogP contribution in [-0.4, -0.2) is 147 Å². The third kappa shape index (κ3) is 44.2. The molecular weight excluding hydrogens is 757 g/mol. The zero-order valence-electron chi connectivity index (χ0n) is 40.3. The zero-order chi connectivity index (χ0) is 44.0. The molecule has 0 heterocycles. The van der Waals surface area contributed by atoms with Crippen molar-refractivity contribution in [2.75, 3.05) is 92.1 Å². The Labute approximate surface area is 372 Å². The lowest BCUT2D eigenvalue weighted by Crippen LogP contribution is -2.47. The lowest BCUT2D eigenvalue weighted by atomic mass is 10.1. The van der Waals surface area contributed by atoms with Gasteiger partial charge in [0.25, 0.3) is 0 Å². The number of hydrogen-bond acceptors (Lipinski definition) is 10. The number of aliphatic hydroxyl groups excluding tert-OH is 4. The zero-order valence-corrected chi connectivity index (χ0v) is 40.3. The summed E-state index contributed by atoms with van der Waals surface area (Å²) in [6, 6.07) is 0. The van der Waals surface area contributed by atoms with Gasteiger partial charge in [-0.2, -0.15) is 0 Å². The van der Waals surface area contributed by atoms with Crippen LogP contribution in [0.3, 0.4) is 0 Å². The molecule has 10 nitrogen and oxygen atoms in total. The minimum atomic E-state index is -0.694. The second-order valence-electron chi connectivity index (χ2n) is 17.9. The van der Waals surface area contributed by atoms with E-state index in [4.69, 9.17) is 18.9 Å². The molecule has 0 bridgehead atoms. The van der Waals surface area contributed by atoms with Gasteiger partial charge in [-0.25, -0.2) is 0 Å². The summed E-state index contributed by atoms with van der Waals surface area (Å²) in [7, 11) is 0. The average molecular weight is 861 g/mol. The molecule has 0 spiro atoms. The Hall–Kier alpha value is -0.400. The maximum Gasteiger partial charge on any atom is 0.0900 e. The van der Waals surface area contributed by atoms with Gasteiger partial charge in [-0.05, 0) is 25.7 Å². The van der Waals surface area contributed by atoms with Crippen LogP contribution in [0, 0.1) is 0 Å². The minimum Gasteiger partial charge on any atom is -0.389 e. The number of nitrogens with zero attached hydrogens (tertiary/aromatic N) is 2. The molecule has 4 N–H and O–H groups in total. The Morgan fingerprint density at radius 1 is 0.283 bits per heavy atom. The van der Waals surface area contributed by atoms with Gasteiger partial charge in [0.2, 0.25) is 0 Å². The fraction of sp³-hybridized carbons (Fsp3) is 1.00. The highest BCUT2D eigenvalue weighted by Crippen LogP contribution is 2.11. The van der Waals surface area contributed by atoms with Crippen LogP contribution in [0.1, 0.15) is 207 Å². The Kier molecular flexibility index (Phi) is 47.7. The molecule has 10 heteroatoms. The predicted molar refractivity (Wildman–Crippen MR) is 252 cm³/mol. The van der Waals surface area contributed by atoms with E-state index in [1.165, 1.54) is 128 Å². The fourth-order valence-electron chi connectivity index (χ4n) is 7.72. The molecule has 4 unspecified atom stereocenters. The highest BCUT2D eigenvalue weighted by atomic mass is 16.5. The minimum absolute atomic E-state index is 0.254. The Bertz CT molecular complexity index is 690. The van der Waals surface area contributed by atoms with E-state index in [-0.39, 0.29) is 26.4 Å². The first-order chi connectivity index (χ1) is 29.4. The molecule has 0 aromatic heterocycles. The van der Waals surface area contributed by atoms with Gasteiger partial charge in [0, 0.05) is 65.7 Å². The van der Waals surface area contributed by atoms with Crippen LogP contribution in [0.2, 0.25) is 0 Å². The maximum absolute atomic E-state index is 11.1. The van der Waals surface area contributed by atoms with Gasteiger partial charge in [0.15, 0.2) is 0 Å². The first-order valence-corrected chi connectivity index (χ1v) is 25.8. The van der Waals surface area contributed by atoms with Gasteiger partial charge < -0.3 is 39.4 Å². The largest absolute Gasteiger partial charge is 0.389 e. The van der Waals surface area contributed by atoms with Crippen molar-refractivity contribution in [1.29, 1.82) is 0 Å². The van der Waals surface area contributed by atoms with E-state index in [2.05, 4.69) is 37.5 Å². The Morgan fingerprint density at radius 2 is 0.467 bits per heavy atom. The van der Waals surface area contributed by atoms with Gasteiger partial charge in [-0.1, -0.05) is 182 Å². The van der Waals surface area contributed by atoms with E-state index in [1.807, 2.05) is 0 Å². The normalized spacial score (nSPS) is 14.1. The quantitative estimate of drug-likeness (QED) is 0.0440. The molecule has 0 amide bonds. The Morgan fingerprint density at radius 3 is 0.667 bits per heavy atom. The van der Waals surface area contributed by atoms with Crippen molar-refractivity contribution in [2.24, 2.45) is 0 Å². The van der Waals surface area contributed by atoms with Crippen LogP contribution in [0.25, 0.3) is 0 Å². The van der Waals surface area contributed by atoms with Crippen LogP contribution in [0.5, 0.6) is 0 Å². The number of unbranched alkanes of at least 4 members (excludes halogenated alkanes) is 24. The van der Waals surface area contributed by atoms with E-state index in [0.29, 0.717) is 65.7 Å². The molecule has 0 rings (SSSR count). The molecule has 0 aromatic carbocycles. The summed E-state index contributed by atoms with van der Waals surface area (Å²) in [6.45, 7) is 15.1. The van der Waals surface area contributed by atoms with Crippen LogP contribution in [0.15, 0.2) is 0 Å². The highest BCUT2D eigenvalue weighted by molar-refractivity contribution is 4.74. The summed E-state index contributed by atoms with van der Waals surface area (Å²) in [5.74, 6) is 0. The van der Waals surface area contributed by atoms with Crippen molar-refractivity contribution >= 4 is 0 Å². The van der Waals surface area contributed by atoms with E-state index >= 15 is 0 Å². The molecular formula is C50H104N2O8. The third-order valence-corrected chi connectivity index (χ3v) is 11.4. The lowest BCUT2D eigenvalue weighted by molar-refractivity contribution is -0.0244. The van der Waals surface area contributed by atoms with Crippen molar-refractivity contribution < 1.29 is 39.4 Å². The summed E-state index contributed by atoms with van der Waals surface area (Å²) in [5, 5.41) is 44.2. The van der Waals surface area contributed by atoms with Gasteiger partial charge in [0.1, 0.15) is 0 Å². The molecule has 0 radical (unpaired) electrons. The molecule has 60 heavy (non-hydrogen) atoms. The summed E-state index contributed by atoms with van der Waals surface area (Å²) >= 11 is 0. The van der Waals surface area contributed by atoms with Crippen molar-refractivity contribution in [3.05, 3.63) is 0 Å². The SMILES string of the molecule is CCCCCCCCCOCC(O)CN(CCN(CC(O)COCCCCCCCCC)CC(O)COCCCCCCCCC)CC(O)COCCCCCCCCC. The first kappa shape index (κ1) is 59.6. The third-order valence-electron chi connectivity index (χ3n) is 11.4. The molecule has 0 saturated carbocycles. The van der Waals surface area contributed by atoms with Gasteiger partial charge in [0.05, 0.1) is 50.8 Å². The van der Waals surface area contributed by atoms with E-state index in [1.54, 1.807) is 0 Å². The summed E-state index contributed by atoms with van der Waals surface area (Å²) in [5.41, 5.74) is 0. The van der Waals surface area contributed by atoms with Crippen molar-refractivity contribution in [2.45, 2.75) is 232 Å². The maximum atomic E-state index is 11.1.